The molecule has 0 unspecified atom stereocenters. The van der Waals surface area contributed by atoms with Crippen LogP contribution in [0.25, 0.3) is 165 Å². The van der Waals surface area contributed by atoms with E-state index >= 15 is 0 Å². The molecule has 366 valence electrons. The van der Waals surface area contributed by atoms with E-state index in [0.29, 0.717) is 0 Å². The Morgan fingerprint density at radius 3 is 1.08 bits per heavy atom. The molecule has 0 aliphatic rings. The predicted octanol–water partition coefficient (Wildman–Crippen LogP) is 21.1. The largest absolute Gasteiger partial charge is 0.455 e. The van der Waals surface area contributed by atoms with Gasteiger partial charge in [-0.2, -0.15) is 0 Å². The summed E-state index contributed by atoms with van der Waals surface area (Å²) in [6, 6.07) is 102. The van der Waals surface area contributed by atoms with Crippen LogP contribution >= 0.6 is 0 Å². The molecule has 3 heteroatoms. The molecule has 3 aromatic heterocycles. The fraction of sp³-hybridized carbons (Fsp3) is 0. The van der Waals surface area contributed by atoms with Gasteiger partial charge >= 0.3 is 0 Å². The third-order valence-corrected chi connectivity index (χ3v) is 16.9. The van der Waals surface area contributed by atoms with Crippen LogP contribution in [0.4, 0.5) is 0 Å². The molecule has 0 atom stereocenters. The minimum atomic E-state index is 0.860. The number of nitrogens with zero attached hydrogens (tertiary/aromatic N) is 2. The van der Waals surface area contributed by atoms with Gasteiger partial charge in [0.25, 0.3) is 0 Å². The SMILES string of the molecule is c1ccc(-c2ccc3c(c2)c2ccccc2n3-c2c3ccccc3c(-c3ccc4c(c3)oc3c(-c5c6ccccc6c(-n6c7ccccc7c7cc(-c8ccccc8)ccc76)c6ccccc56)cccc34)c3ccccc23)cc1. The second-order valence-corrected chi connectivity index (χ2v) is 21.0. The zero-order valence-electron chi connectivity index (χ0n) is 42.9. The van der Waals surface area contributed by atoms with Crippen LogP contribution in [0.15, 0.2) is 283 Å². The van der Waals surface area contributed by atoms with Crippen molar-refractivity contribution in [3.63, 3.8) is 0 Å². The van der Waals surface area contributed by atoms with Gasteiger partial charge in [0.15, 0.2) is 0 Å². The number of fused-ring (bicyclic) bond motifs is 13. The van der Waals surface area contributed by atoms with Crippen molar-refractivity contribution in [3.05, 3.63) is 279 Å². The molecule has 0 saturated carbocycles. The van der Waals surface area contributed by atoms with Crippen molar-refractivity contribution in [1.29, 1.82) is 0 Å². The molecule has 0 fully saturated rings. The number of hydrogen-bond donors (Lipinski definition) is 0. The molecule has 79 heavy (non-hydrogen) atoms. The van der Waals surface area contributed by atoms with Gasteiger partial charge in [-0.1, -0.05) is 231 Å². The van der Waals surface area contributed by atoms with Gasteiger partial charge in [-0.05, 0) is 103 Å². The molecular formula is C76H46N2O. The van der Waals surface area contributed by atoms with Crippen LogP contribution in [0.2, 0.25) is 0 Å². The molecule has 0 spiro atoms. The maximum atomic E-state index is 7.30. The first-order valence-corrected chi connectivity index (χ1v) is 27.2. The smallest absolute Gasteiger partial charge is 0.143 e. The molecule has 14 aromatic carbocycles. The summed E-state index contributed by atoms with van der Waals surface area (Å²) in [5.41, 5.74) is 18.2. The van der Waals surface area contributed by atoms with Gasteiger partial charge in [-0.15, -0.1) is 0 Å². The van der Waals surface area contributed by atoms with Gasteiger partial charge in [0.05, 0.1) is 33.4 Å². The van der Waals surface area contributed by atoms with Crippen LogP contribution in [0.3, 0.4) is 0 Å². The quantitative estimate of drug-likeness (QED) is 0.152. The van der Waals surface area contributed by atoms with E-state index in [4.69, 9.17) is 4.42 Å². The standard InChI is InChI=1S/C76H46N2O/c1-3-20-47(21-4-1)49-39-42-69-65(44-49)52-24-15-17-36-67(52)77(69)74-59-30-11-7-26-55(59)72(56-27-8-12-31-60(56)74)51-38-41-54-63-34-19-35-64(76(63)79-71(54)46-51)73-57-28-9-13-32-61(57)75(62-33-14-10-29-58(62)73)78-68-37-18-16-25-53(68)66-45-50(40-43-70(66)78)48-22-5-2-6-23-48/h1-46H. The third kappa shape index (κ3) is 6.42. The van der Waals surface area contributed by atoms with Crippen LogP contribution in [0.1, 0.15) is 0 Å². The topological polar surface area (TPSA) is 23.0 Å². The Bertz CT molecular complexity index is 5250. The normalized spacial score (nSPS) is 12.1. The van der Waals surface area contributed by atoms with Gasteiger partial charge in [0.2, 0.25) is 0 Å². The Hall–Kier alpha value is -10.5. The van der Waals surface area contributed by atoms with E-state index in [1.165, 1.54) is 131 Å². The average molecular weight is 1000 g/mol. The number of aromatic nitrogens is 2. The van der Waals surface area contributed by atoms with Crippen molar-refractivity contribution >= 4 is 109 Å². The molecular weight excluding hydrogens is 957 g/mol. The molecule has 17 aromatic rings. The first-order valence-electron chi connectivity index (χ1n) is 27.2. The van der Waals surface area contributed by atoms with Gasteiger partial charge in [0.1, 0.15) is 11.2 Å². The summed E-state index contributed by atoms with van der Waals surface area (Å²) in [6.45, 7) is 0. The highest BCUT2D eigenvalue weighted by Gasteiger charge is 2.25. The van der Waals surface area contributed by atoms with Crippen molar-refractivity contribution in [2.75, 3.05) is 0 Å². The molecule has 0 saturated heterocycles. The van der Waals surface area contributed by atoms with Crippen molar-refractivity contribution < 1.29 is 4.42 Å². The number of benzene rings is 14. The fourth-order valence-corrected chi connectivity index (χ4v) is 13.5. The van der Waals surface area contributed by atoms with E-state index in [2.05, 4.69) is 288 Å². The van der Waals surface area contributed by atoms with E-state index in [9.17, 15) is 0 Å². The zero-order chi connectivity index (χ0) is 51.7. The van der Waals surface area contributed by atoms with Crippen LogP contribution < -0.4 is 0 Å². The van der Waals surface area contributed by atoms with E-state index in [0.717, 1.165) is 33.1 Å². The maximum absolute atomic E-state index is 7.30. The highest BCUT2D eigenvalue weighted by atomic mass is 16.3. The lowest BCUT2D eigenvalue weighted by atomic mass is 9.89. The van der Waals surface area contributed by atoms with Crippen molar-refractivity contribution in [2.24, 2.45) is 0 Å². The Balaban J connectivity index is 0.863. The van der Waals surface area contributed by atoms with Crippen LogP contribution in [0.5, 0.6) is 0 Å². The van der Waals surface area contributed by atoms with Gasteiger partial charge in [-0.25, -0.2) is 0 Å². The third-order valence-electron chi connectivity index (χ3n) is 16.9. The molecule has 3 nitrogen and oxygen atoms in total. The van der Waals surface area contributed by atoms with Crippen molar-refractivity contribution in [2.45, 2.75) is 0 Å². The number of hydrogen-bond acceptors (Lipinski definition) is 1. The molecule has 0 amide bonds. The predicted molar refractivity (Wildman–Crippen MR) is 334 cm³/mol. The molecule has 3 heterocycles. The van der Waals surface area contributed by atoms with Gasteiger partial charge in [0, 0.05) is 65.0 Å². The molecule has 0 radical (unpaired) electrons. The number of rotatable bonds is 6. The molecule has 0 aliphatic carbocycles. The second-order valence-electron chi connectivity index (χ2n) is 21.0. The lowest BCUT2D eigenvalue weighted by Gasteiger charge is -2.19. The summed E-state index contributed by atoms with van der Waals surface area (Å²) >= 11 is 0. The number of furan rings is 1. The van der Waals surface area contributed by atoms with E-state index in [1.54, 1.807) is 0 Å². The fourth-order valence-electron chi connectivity index (χ4n) is 13.5. The Morgan fingerprint density at radius 2 is 0.595 bits per heavy atom. The average Bonchev–Trinajstić information content (AvgIpc) is 4.31. The number of para-hydroxylation sites is 3. The minimum absolute atomic E-state index is 0.860. The summed E-state index contributed by atoms with van der Waals surface area (Å²) in [4.78, 5) is 0. The summed E-state index contributed by atoms with van der Waals surface area (Å²) in [5.74, 6) is 0. The molecule has 0 N–H and O–H groups in total. The summed E-state index contributed by atoms with van der Waals surface area (Å²) in [6.07, 6.45) is 0. The Labute approximate surface area is 454 Å². The molecule has 17 rings (SSSR count). The van der Waals surface area contributed by atoms with Gasteiger partial charge < -0.3 is 13.6 Å². The lowest BCUT2D eigenvalue weighted by molar-refractivity contribution is 0.670. The summed E-state index contributed by atoms with van der Waals surface area (Å²) in [7, 11) is 0. The zero-order valence-corrected chi connectivity index (χ0v) is 42.9. The van der Waals surface area contributed by atoms with Crippen LogP contribution in [0, 0.1) is 0 Å². The first-order chi connectivity index (χ1) is 39.2. The highest BCUT2D eigenvalue weighted by Crippen LogP contribution is 2.49. The minimum Gasteiger partial charge on any atom is -0.455 e. The van der Waals surface area contributed by atoms with Crippen molar-refractivity contribution in [1.82, 2.24) is 9.13 Å². The lowest BCUT2D eigenvalue weighted by Crippen LogP contribution is -1.99. The summed E-state index contributed by atoms with van der Waals surface area (Å²) < 4.78 is 12.3. The maximum Gasteiger partial charge on any atom is 0.143 e. The van der Waals surface area contributed by atoms with Crippen molar-refractivity contribution in [3.8, 4) is 55.9 Å². The van der Waals surface area contributed by atoms with E-state index in [-0.39, 0.29) is 0 Å². The van der Waals surface area contributed by atoms with E-state index < -0.39 is 0 Å². The van der Waals surface area contributed by atoms with Gasteiger partial charge in [-0.3, -0.25) is 0 Å². The Kier molecular flexibility index (Phi) is 9.42. The Morgan fingerprint density at radius 1 is 0.215 bits per heavy atom. The van der Waals surface area contributed by atoms with Crippen LogP contribution in [-0.2, 0) is 0 Å². The van der Waals surface area contributed by atoms with E-state index in [1.807, 2.05) is 0 Å². The second kappa shape index (κ2) is 17.0. The van der Waals surface area contributed by atoms with Crippen LogP contribution in [-0.4, -0.2) is 9.13 Å². The molecule has 0 bridgehead atoms. The monoisotopic (exact) mass is 1000 g/mol. The highest BCUT2D eigenvalue weighted by molar-refractivity contribution is 6.25. The first kappa shape index (κ1) is 43.7. The summed E-state index contributed by atoms with van der Waals surface area (Å²) in [5, 5.41) is 16.6. The molecule has 0 aliphatic heterocycles.